The van der Waals surface area contributed by atoms with Crippen molar-refractivity contribution < 1.29 is 9.52 Å². The molecule has 0 atom stereocenters. The maximum Gasteiger partial charge on any atom is 0.336 e. The molecule has 0 spiro atoms. The summed E-state index contributed by atoms with van der Waals surface area (Å²) in [7, 11) is 0. The fourth-order valence-corrected chi connectivity index (χ4v) is 2.44. The molecule has 2 aromatic heterocycles. The molecule has 0 fully saturated rings. The van der Waals surface area contributed by atoms with Crippen LogP contribution in [0.1, 0.15) is 0 Å². The second kappa shape index (κ2) is 5.10. The highest BCUT2D eigenvalue weighted by Gasteiger charge is 2.09. The summed E-state index contributed by atoms with van der Waals surface area (Å²) in [6, 6.07) is 15.6. The highest BCUT2D eigenvalue weighted by atomic mass is 16.4. The summed E-state index contributed by atoms with van der Waals surface area (Å²) in [6.07, 6.45) is 0. The highest BCUT2D eigenvalue weighted by Crippen LogP contribution is 2.36. The van der Waals surface area contributed by atoms with E-state index < -0.39 is 5.63 Å². The van der Waals surface area contributed by atoms with E-state index in [1.165, 1.54) is 6.07 Å². The summed E-state index contributed by atoms with van der Waals surface area (Å²) in [4.78, 5) is 14.0. The Bertz CT molecular complexity index is 1110. The minimum Gasteiger partial charge on any atom is -0.493 e. The third-order valence-corrected chi connectivity index (χ3v) is 3.53. The van der Waals surface area contributed by atoms with Crippen molar-refractivity contribution >= 4 is 33.2 Å². The topological polar surface area (TPSA) is 91.0 Å². The molecule has 0 radical (unpaired) electrons. The highest BCUT2D eigenvalue weighted by molar-refractivity contribution is 5.94. The van der Waals surface area contributed by atoms with Crippen LogP contribution in [0.25, 0.3) is 21.9 Å². The van der Waals surface area contributed by atoms with Crippen LogP contribution in [0, 0.1) is 0 Å². The first-order valence-corrected chi connectivity index (χ1v) is 6.96. The number of H-pyrrole nitrogens is 1. The number of aromatic nitrogens is 1. The molecule has 2 aromatic carbocycles. The molecule has 0 bridgehead atoms. The van der Waals surface area contributed by atoms with Crippen LogP contribution < -0.4 is 5.63 Å². The molecule has 0 saturated heterocycles. The number of aromatic amines is 1. The lowest BCUT2D eigenvalue weighted by Crippen LogP contribution is -1.93. The molecule has 6 heteroatoms. The Morgan fingerprint density at radius 2 is 1.87 bits per heavy atom. The number of rotatable bonds is 2. The average molecular weight is 305 g/mol. The standard InChI is InChI=1S/C17H11N3O3/c21-15-8-5-10-9-11(6-7-14(10)23-15)19-20-16-12-3-1-2-4-13(12)18-17(16)22/h1-9,18,22H. The number of aromatic hydroxyl groups is 1. The molecule has 0 aliphatic rings. The molecule has 6 nitrogen and oxygen atoms in total. The van der Waals surface area contributed by atoms with E-state index in [-0.39, 0.29) is 5.88 Å². The first kappa shape index (κ1) is 13.3. The van der Waals surface area contributed by atoms with Crippen LogP contribution in [0.4, 0.5) is 11.4 Å². The minimum absolute atomic E-state index is 0.0262. The van der Waals surface area contributed by atoms with Gasteiger partial charge >= 0.3 is 5.63 Å². The van der Waals surface area contributed by atoms with Crippen LogP contribution in [0.3, 0.4) is 0 Å². The van der Waals surface area contributed by atoms with Gasteiger partial charge in [0.1, 0.15) is 5.58 Å². The Hall–Kier alpha value is -3.41. The number of fused-ring (bicyclic) bond motifs is 2. The first-order chi connectivity index (χ1) is 11.2. The third kappa shape index (κ3) is 2.36. The van der Waals surface area contributed by atoms with Crippen molar-refractivity contribution in [3.05, 3.63) is 65.0 Å². The van der Waals surface area contributed by atoms with Crippen LogP contribution in [-0.4, -0.2) is 10.1 Å². The number of para-hydroxylation sites is 1. The van der Waals surface area contributed by atoms with Crippen LogP contribution in [0.5, 0.6) is 5.88 Å². The van der Waals surface area contributed by atoms with E-state index >= 15 is 0 Å². The Labute approximate surface area is 129 Å². The van der Waals surface area contributed by atoms with Gasteiger partial charge in [0.05, 0.1) is 11.2 Å². The van der Waals surface area contributed by atoms with E-state index in [1.54, 1.807) is 24.3 Å². The van der Waals surface area contributed by atoms with Crippen molar-refractivity contribution in [2.75, 3.05) is 0 Å². The van der Waals surface area contributed by atoms with Crippen molar-refractivity contribution in [3.8, 4) is 5.88 Å². The number of azo groups is 1. The van der Waals surface area contributed by atoms with Crippen molar-refractivity contribution in [2.45, 2.75) is 0 Å². The first-order valence-electron chi connectivity index (χ1n) is 6.96. The van der Waals surface area contributed by atoms with Gasteiger partial charge in [-0.2, -0.15) is 5.11 Å². The zero-order valence-corrected chi connectivity index (χ0v) is 11.9. The molecule has 0 aliphatic carbocycles. The lowest BCUT2D eigenvalue weighted by Gasteiger charge is -1.97. The van der Waals surface area contributed by atoms with Gasteiger partial charge in [0, 0.05) is 16.8 Å². The Morgan fingerprint density at radius 3 is 2.78 bits per heavy atom. The summed E-state index contributed by atoms with van der Waals surface area (Å²) < 4.78 is 5.07. The Morgan fingerprint density at radius 1 is 1.00 bits per heavy atom. The lowest BCUT2D eigenvalue weighted by atomic mass is 10.2. The number of benzene rings is 2. The van der Waals surface area contributed by atoms with Gasteiger partial charge in [-0.3, -0.25) is 0 Å². The van der Waals surface area contributed by atoms with Crippen LogP contribution >= 0.6 is 0 Å². The zero-order valence-electron chi connectivity index (χ0n) is 11.9. The predicted octanol–water partition coefficient (Wildman–Crippen LogP) is 4.40. The smallest absolute Gasteiger partial charge is 0.336 e. The van der Waals surface area contributed by atoms with Gasteiger partial charge in [0.2, 0.25) is 5.88 Å². The quantitative estimate of drug-likeness (QED) is 0.425. The second-order valence-electron chi connectivity index (χ2n) is 5.04. The molecular weight excluding hydrogens is 294 g/mol. The molecule has 2 heterocycles. The Balaban J connectivity index is 1.77. The van der Waals surface area contributed by atoms with E-state index in [9.17, 15) is 9.90 Å². The van der Waals surface area contributed by atoms with E-state index in [1.807, 2.05) is 24.3 Å². The SMILES string of the molecule is O=c1ccc2cc(N=Nc3c(O)[nH]c4ccccc34)ccc2o1. The van der Waals surface area contributed by atoms with E-state index in [2.05, 4.69) is 15.2 Å². The summed E-state index contributed by atoms with van der Waals surface area (Å²) in [6.45, 7) is 0. The average Bonchev–Trinajstić information content (AvgIpc) is 2.88. The molecule has 0 aliphatic heterocycles. The van der Waals surface area contributed by atoms with Gasteiger partial charge in [0.15, 0.2) is 5.69 Å². The molecule has 112 valence electrons. The van der Waals surface area contributed by atoms with Crippen molar-refractivity contribution in [1.29, 1.82) is 0 Å². The molecule has 23 heavy (non-hydrogen) atoms. The zero-order chi connectivity index (χ0) is 15.8. The van der Waals surface area contributed by atoms with E-state index in [4.69, 9.17) is 4.42 Å². The van der Waals surface area contributed by atoms with Gasteiger partial charge in [0.25, 0.3) is 0 Å². The number of hydrogen-bond donors (Lipinski definition) is 2. The fourth-order valence-electron chi connectivity index (χ4n) is 2.44. The maximum absolute atomic E-state index is 11.2. The summed E-state index contributed by atoms with van der Waals surface area (Å²) in [5.41, 5.74) is 1.87. The van der Waals surface area contributed by atoms with Gasteiger partial charge in [-0.15, -0.1) is 5.11 Å². The van der Waals surface area contributed by atoms with Crippen LogP contribution in [-0.2, 0) is 0 Å². The molecule has 4 rings (SSSR count). The van der Waals surface area contributed by atoms with Gasteiger partial charge in [-0.05, 0) is 30.3 Å². The van der Waals surface area contributed by atoms with Gasteiger partial charge in [-0.25, -0.2) is 4.79 Å². The molecular formula is C17H11N3O3. The normalized spacial score (nSPS) is 11.7. The molecule has 0 amide bonds. The van der Waals surface area contributed by atoms with E-state index in [0.717, 1.165) is 16.3 Å². The molecule has 0 saturated carbocycles. The number of hydrogen-bond acceptors (Lipinski definition) is 5. The van der Waals surface area contributed by atoms with Crippen molar-refractivity contribution in [3.63, 3.8) is 0 Å². The second-order valence-corrected chi connectivity index (χ2v) is 5.04. The van der Waals surface area contributed by atoms with Crippen LogP contribution in [0.15, 0.2) is 74.0 Å². The minimum atomic E-state index is -0.393. The molecule has 0 unspecified atom stereocenters. The summed E-state index contributed by atoms with van der Waals surface area (Å²) in [5, 5.41) is 19.8. The summed E-state index contributed by atoms with van der Waals surface area (Å²) in [5.74, 6) is -0.0262. The number of nitrogens with one attached hydrogen (secondary N) is 1. The fraction of sp³-hybridized carbons (Fsp3) is 0. The predicted molar refractivity (Wildman–Crippen MR) is 86.6 cm³/mol. The van der Waals surface area contributed by atoms with Gasteiger partial charge < -0.3 is 14.5 Å². The molecule has 4 aromatic rings. The third-order valence-electron chi connectivity index (χ3n) is 3.53. The van der Waals surface area contributed by atoms with E-state index in [0.29, 0.717) is 17.0 Å². The Kier molecular flexibility index (Phi) is 2.94. The largest absolute Gasteiger partial charge is 0.493 e. The van der Waals surface area contributed by atoms with Crippen molar-refractivity contribution in [1.82, 2.24) is 4.98 Å². The van der Waals surface area contributed by atoms with Crippen molar-refractivity contribution in [2.24, 2.45) is 10.2 Å². The van der Waals surface area contributed by atoms with Gasteiger partial charge in [-0.1, -0.05) is 18.2 Å². The number of nitrogens with zero attached hydrogens (tertiary/aromatic N) is 2. The monoisotopic (exact) mass is 305 g/mol. The molecule has 2 N–H and O–H groups in total. The van der Waals surface area contributed by atoms with Crippen LogP contribution in [0.2, 0.25) is 0 Å². The summed E-state index contributed by atoms with van der Waals surface area (Å²) >= 11 is 0. The maximum atomic E-state index is 11.2. The lowest BCUT2D eigenvalue weighted by molar-refractivity contribution is 0.459.